The van der Waals surface area contributed by atoms with Crippen molar-refractivity contribution in [3.63, 3.8) is 0 Å². The number of nitrogens with zero attached hydrogens (tertiary/aromatic N) is 1. The Morgan fingerprint density at radius 1 is 1.03 bits per heavy atom. The maximum absolute atomic E-state index is 13.4. The molecular formula is C25H29NO5. The van der Waals surface area contributed by atoms with Crippen LogP contribution in [0.15, 0.2) is 42.5 Å². The van der Waals surface area contributed by atoms with Crippen molar-refractivity contribution >= 4 is 22.8 Å². The lowest BCUT2D eigenvalue weighted by Crippen LogP contribution is -2.36. The van der Waals surface area contributed by atoms with Crippen LogP contribution in [-0.4, -0.2) is 34.8 Å². The van der Waals surface area contributed by atoms with Crippen molar-refractivity contribution in [1.29, 1.82) is 0 Å². The number of aromatic nitrogens is 1. The smallest absolute Gasteiger partial charge is 0.340 e. The van der Waals surface area contributed by atoms with E-state index in [1.54, 1.807) is 45.0 Å². The van der Waals surface area contributed by atoms with E-state index in [1.807, 2.05) is 36.6 Å². The van der Waals surface area contributed by atoms with Crippen LogP contribution in [0.25, 0.3) is 10.9 Å². The summed E-state index contributed by atoms with van der Waals surface area (Å²) in [5, 5.41) is 10.8. The molecule has 31 heavy (non-hydrogen) atoms. The number of fused-ring (bicyclic) bond motifs is 1. The third-order valence-corrected chi connectivity index (χ3v) is 5.79. The van der Waals surface area contributed by atoms with E-state index in [-0.39, 0.29) is 19.0 Å². The molecule has 0 saturated carbocycles. The number of hydrogen-bond acceptors (Lipinski definition) is 5. The minimum Gasteiger partial charge on any atom is -0.508 e. The average molecular weight is 424 g/mol. The van der Waals surface area contributed by atoms with Gasteiger partial charge in [-0.1, -0.05) is 24.3 Å². The number of phenols is 1. The zero-order valence-electron chi connectivity index (χ0n) is 18.7. The average Bonchev–Trinajstić information content (AvgIpc) is 3.04. The van der Waals surface area contributed by atoms with E-state index < -0.39 is 17.4 Å². The van der Waals surface area contributed by atoms with E-state index in [9.17, 15) is 14.7 Å². The zero-order chi connectivity index (χ0) is 22.8. The van der Waals surface area contributed by atoms with Crippen molar-refractivity contribution in [1.82, 2.24) is 4.57 Å². The van der Waals surface area contributed by atoms with Gasteiger partial charge in [-0.15, -0.1) is 0 Å². The lowest BCUT2D eigenvalue weighted by atomic mass is 9.74. The fourth-order valence-corrected chi connectivity index (χ4v) is 4.28. The van der Waals surface area contributed by atoms with E-state index in [0.717, 1.165) is 11.2 Å². The van der Waals surface area contributed by atoms with Crippen LogP contribution in [0.4, 0.5) is 0 Å². The summed E-state index contributed by atoms with van der Waals surface area (Å²) in [4.78, 5) is 26.3. The van der Waals surface area contributed by atoms with Crippen molar-refractivity contribution in [2.24, 2.45) is 0 Å². The minimum absolute atomic E-state index is 0.0492. The Kier molecular flexibility index (Phi) is 6.39. The maximum atomic E-state index is 13.4. The summed E-state index contributed by atoms with van der Waals surface area (Å²) >= 11 is 0. The molecule has 6 heteroatoms. The Bertz CT molecular complexity index is 1130. The van der Waals surface area contributed by atoms with E-state index in [1.165, 1.54) is 0 Å². The second kappa shape index (κ2) is 8.84. The number of aryl methyl sites for hydroxylation is 1. The lowest BCUT2D eigenvalue weighted by molar-refractivity contribution is -0.147. The van der Waals surface area contributed by atoms with Crippen LogP contribution in [0.5, 0.6) is 5.75 Å². The number of rotatable bonds is 7. The number of phenolic OH excluding ortho intramolecular Hbond substituents is 1. The highest BCUT2D eigenvalue weighted by Gasteiger charge is 2.42. The third kappa shape index (κ3) is 3.67. The first-order chi connectivity index (χ1) is 14.8. The van der Waals surface area contributed by atoms with Gasteiger partial charge in [-0.05, 0) is 63.9 Å². The minimum atomic E-state index is -1.25. The van der Waals surface area contributed by atoms with E-state index >= 15 is 0 Å². The molecule has 2 aromatic carbocycles. The summed E-state index contributed by atoms with van der Waals surface area (Å²) in [6.45, 7) is 10.3. The quantitative estimate of drug-likeness (QED) is 0.556. The van der Waals surface area contributed by atoms with Gasteiger partial charge in [0.1, 0.15) is 11.2 Å². The predicted molar refractivity (Wildman–Crippen MR) is 119 cm³/mol. The van der Waals surface area contributed by atoms with Gasteiger partial charge < -0.3 is 19.1 Å². The summed E-state index contributed by atoms with van der Waals surface area (Å²) in [5.41, 5.74) is 2.04. The molecule has 1 aromatic heterocycles. The Balaban J connectivity index is 2.45. The number of carbonyl (C=O) groups excluding carboxylic acids is 2. The molecule has 0 amide bonds. The molecule has 0 radical (unpaired) electrons. The maximum Gasteiger partial charge on any atom is 0.340 e. The Hall–Kier alpha value is -3.28. The largest absolute Gasteiger partial charge is 0.508 e. The van der Waals surface area contributed by atoms with Gasteiger partial charge in [-0.2, -0.15) is 0 Å². The first-order valence-electron chi connectivity index (χ1n) is 10.6. The Labute approximate surface area is 182 Å². The highest BCUT2D eigenvalue weighted by molar-refractivity contribution is 6.09. The van der Waals surface area contributed by atoms with Crippen molar-refractivity contribution in [3.8, 4) is 5.75 Å². The number of carbonyl (C=O) groups is 2. The van der Waals surface area contributed by atoms with E-state index in [2.05, 4.69) is 0 Å². The monoisotopic (exact) mass is 423 g/mol. The molecule has 0 spiro atoms. The summed E-state index contributed by atoms with van der Waals surface area (Å²) < 4.78 is 12.9. The van der Waals surface area contributed by atoms with Crippen LogP contribution in [0.3, 0.4) is 0 Å². The molecule has 3 aromatic rings. The molecule has 0 saturated heterocycles. The SMILES string of the molecule is CCOC(=O)c1c(C)n(CC)c2cccc(C(C)(C(=O)OCC)c3cccc(O)c3)c12. The second-order valence-electron chi connectivity index (χ2n) is 7.52. The highest BCUT2D eigenvalue weighted by atomic mass is 16.5. The third-order valence-electron chi connectivity index (χ3n) is 5.79. The molecule has 0 aliphatic rings. The van der Waals surface area contributed by atoms with E-state index in [4.69, 9.17) is 9.47 Å². The van der Waals surface area contributed by atoms with Crippen molar-refractivity contribution in [2.45, 2.75) is 46.6 Å². The number of esters is 2. The van der Waals surface area contributed by atoms with Crippen LogP contribution in [0.1, 0.15) is 54.9 Å². The molecule has 0 aliphatic carbocycles. The Morgan fingerprint density at radius 2 is 1.71 bits per heavy atom. The topological polar surface area (TPSA) is 77.8 Å². The van der Waals surface area contributed by atoms with Gasteiger partial charge in [-0.3, -0.25) is 4.79 Å². The molecule has 164 valence electrons. The summed E-state index contributed by atoms with van der Waals surface area (Å²) in [5.74, 6) is -0.829. The number of hydrogen-bond donors (Lipinski definition) is 1. The first-order valence-corrected chi connectivity index (χ1v) is 10.6. The second-order valence-corrected chi connectivity index (χ2v) is 7.52. The van der Waals surface area contributed by atoms with Crippen LogP contribution >= 0.6 is 0 Å². The van der Waals surface area contributed by atoms with Crippen molar-refractivity contribution in [3.05, 3.63) is 64.8 Å². The fraction of sp³-hybridized carbons (Fsp3) is 0.360. The number of benzene rings is 2. The molecular weight excluding hydrogens is 394 g/mol. The number of ether oxygens (including phenoxy) is 2. The zero-order valence-corrected chi connectivity index (χ0v) is 18.7. The molecule has 1 atom stereocenters. The molecule has 0 fully saturated rings. The van der Waals surface area contributed by atoms with Gasteiger partial charge in [0.05, 0.1) is 18.8 Å². The fourth-order valence-electron chi connectivity index (χ4n) is 4.28. The molecule has 3 rings (SSSR count). The van der Waals surface area contributed by atoms with Crippen LogP contribution < -0.4 is 0 Å². The summed E-state index contributed by atoms with van der Waals surface area (Å²) in [7, 11) is 0. The van der Waals surface area contributed by atoms with E-state index in [0.29, 0.717) is 28.6 Å². The van der Waals surface area contributed by atoms with Crippen molar-refractivity contribution in [2.75, 3.05) is 13.2 Å². The van der Waals surface area contributed by atoms with Gasteiger partial charge in [0, 0.05) is 23.1 Å². The standard InChI is InChI=1S/C25H29NO5/c1-6-26-16(4)21(23(28)30-7-2)22-19(13-10-14-20(22)26)25(5,24(29)31-8-3)17-11-9-12-18(27)15-17/h9-15,27H,6-8H2,1-5H3. The van der Waals surface area contributed by atoms with Crippen LogP contribution in [0.2, 0.25) is 0 Å². The highest BCUT2D eigenvalue weighted by Crippen LogP contribution is 2.41. The van der Waals surface area contributed by atoms with Gasteiger partial charge >= 0.3 is 11.9 Å². The van der Waals surface area contributed by atoms with Crippen LogP contribution in [-0.2, 0) is 26.2 Å². The Morgan fingerprint density at radius 3 is 2.32 bits per heavy atom. The van der Waals surface area contributed by atoms with Crippen LogP contribution in [0, 0.1) is 6.92 Å². The summed E-state index contributed by atoms with van der Waals surface area (Å²) in [6.07, 6.45) is 0. The molecule has 0 aliphatic heterocycles. The molecule has 1 N–H and O–H groups in total. The molecule has 6 nitrogen and oxygen atoms in total. The molecule has 1 heterocycles. The predicted octanol–water partition coefficient (Wildman–Crippen LogP) is 4.72. The molecule has 0 bridgehead atoms. The van der Waals surface area contributed by atoms with Crippen molar-refractivity contribution < 1.29 is 24.2 Å². The number of aromatic hydroxyl groups is 1. The van der Waals surface area contributed by atoms with Gasteiger partial charge in [-0.25, -0.2) is 4.79 Å². The van der Waals surface area contributed by atoms with Gasteiger partial charge in [0.2, 0.25) is 0 Å². The first kappa shape index (κ1) is 22.4. The normalized spacial score (nSPS) is 13.1. The lowest BCUT2D eigenvalue weighted by Gasteiger charge is -2.29. The van der Waals surface area contributed by atoms with Gasteiger partial charge in [0.15, 0.2) is 0 Å². The van der Waals surface area contributed by atoms with Gasteiger partial charge in [0.25, 0.3) is 0 Å². The summed E-state index contributed by atoms with van der Waals surface area (Å²) in [6, 6.07) is 12.2. The molecule has 1 unspecified atom stereocenters.